The highest BCUT2D eigenvalue weighted by atomic mass is 35.5. The first-order chi connectivity index (χ1) is 15.7. The van der Waals surface area contributed by atoms with E-state index in [1.165, 1.54) is 17.0 Å². The molecule has 3 N–H and O–H groups in total. The molecule has 0 bridgehead atoms. The number of nitrogens with zero attached hydrogens (tertiary/aromatic N) is 6. The van der Waals surface area contributed by atoms with E-state index in [9.17, 15) is 13.6 Å². The highest BCUT2D eigenvalue weighted by molar-refractivity contribution is 6.34. The smallest absolute Gasteiger partial charge is 0.265 e. The molecule has 4 aromatic heterocycles. The minimum Gasteiger partial charge on any atom is -0.381 e. The summed E-state index contributed by atoms with van der Waals surface area (Å²) in [5.41, 5.74) is 7.61. The summed E-state index contributed by atoms with van der Waals surface area (Å²) >= 11 is 6.47. The fraction of sp³-hybridized carbons (Fsp3) is 0.333. The monoisotopic (exact) mass is 474 g/mol. The summed E-state index contributed by atoms with van der Waals surface area (Å²) < 4.78 is 31.7. The van der Waals surface area contributed by atoms with Crippen molar-refractivity contribution < 1.29 is 13.6 Å². The van der Waals surface area contributed by atoms with Crippen LogP contribution in [0.5, 0.6) is 0 Å². The normalized spacial score (nSPS) is 16.9. The number of alkyl halides is 2. The molecule has 1 fully saturated rings. The number of imidazole rings is 1. The van der Waals surface area contributed by atoms with Crippen LogP contribution in [0.1, 0.15) is 41.7 Å². The molecule has 5 heterocycles. The third-order valence-electron chi connectivity index (χ3n) is 5.81. The Balaban J connectivity index is 1.55. The van der Waals surface area contributed by atoms with E-state index in [0.717, 1.165) is 0 Å². The molecule has 1 aliphatic rings. The third-order valence-corrected chi connectivity index (χ3v) is 6.11. The molecule has 1 saturated heterocycles. The Morgan fingerprint density at radius 2 is 2.21 bits per heavy atom. The van der Waals surface area contributed by atoms with Crippen LogP contribution in [-0.4, -0.2) is 48.9 Å². The SMILES string of the molecule is CC(NC(=O)c1c(N)nn2cccnc12)c1cc(Cl)c2cncn2c1N1CCCC(F)(F)C1. The summed E-state index contributed by atoms with van der Waals surface area (Å²) in [7, 11) is 0. The quantitative estimate of drug-likeness (QED) is 0.470. The van der Waals surface area contributed by atoms with E-state index in [4.69, 9.17) is 17.3 Å². The number of piperidine rings is 1. The molecule has 0 spiro atoms. The highest BCUT2D eigenvalue weighted by Crippen LogP contribution is 2.37. The number of nitrogen functional groups attached to an aromatic ring is 1. The van der Waals surface area contributed by atoms with E-state index in [0.29, 0.717) is 40.5 Å². The van der Waals surface area contributed by atoms with Gasteiger partial charge in [-0.15, -0.1) is 5.10 Å². The van der Waals surface area contributed by atoms with Gasteiger partial charge in [-0.1, -0.05) is 11.6 Å². The number of halogens is 3. The lowest BCUT2D eigenvalue weighted by Gasteiger charge is -2.36. The summed E-state index contributed by atoms with van der Waals surface area (Å²) in [4.78, 5) is 23.1. The summed E-state index contributed by atoms with van der Waals surface area (Å²) in [6.07, 6.45) is 6.47. The van der Waals surface area contributed by atoms with Crippen LogP contribution in [0.25, 0.3) is 11.2 Å². The Morgan fingerprint density at radius 1 is 1.39 bits per heavy atom. The number of fused-ring (bicyclic) bond motifs is 2. The molecule has 0 aromatic carbocycles. The average molecular weight is 475 g/mol. The van der Waals surface area contributed by atoms with Crippen LogP contribution in [0.4, 0.5) is 20.4 Å². The third kappa shape index (κ3) is 3.71. The van der Waals surface area contributed by atoms with Crippen molar-refractivity contribution in [2.45, 2.75) is 31.7 Å². The van der Waals surface area contributed by atoms with Crippen molar-refractivity contribution in [1.29, 1.82) is 0 Å². The summed E-state index contributed by atoms with van der Waals surface area (Å²) in [6.45, 7) is 1.77. The zero-order chi connectivity index (χ0) is 23.3. The Hall–Kier alpha value is -3.47. The summed E-state index contributed by atoms with van der Waals surface area (Å²) in [6, 6.07) is 2.76. The molecule has 0 radical (unpaired) electrons. The maximum Gasteiger partial charge on any atom is 0.265 e. The Kier molecular flexibility index (Phi) is 5.08. The molecule has 0 aliphatic carbocycles. The molecular formula is C21H21ClF2N8O. The van der Waals surface area contributed by atoms with Gasteiger partial charge in [0.25, 0.3) is 11.8 Å². The lowest BCUT2D eigenvalue weighted by molar-refractivity contribution is -0.0119. The number of amides is 1. The lowest BCUT2D eigenvalue weighted by Crippen LogP contribution is -2.44. The van der Waals surface area contributed by atoms with Crippen molar-refractivity contribution in [2.24, 2.45) is 0 Å². The van der Waals surface area contributed by atoms with Crippen molar-refractivity contribution in [3.8, 4) is 0 Å². The first kappa shape index (κ1) is 21.4. The predicted molar refractivity (Wildman–Crippen MR) is 120 cm³/mol. The van der Waals surface area contributed by atoms with Gasteiger partial charge in [0.1, 0.15) is 17.7 Å². The molecule has 172 valence electrons. The number of anilines is 2. The molecule has 9 nitrogen and oxygen atoms in total. The van der Waals surface area contributed by atoms with Gasteiger partial charge in [0.15, 0.2) is 11.5 Å². The number of aromatic nitrogens is 5. The zero-order valence-corrected chi connectivity index (χ0v) is 18.4. The first-order valence-electron chi connectivity index (χ1n) is 10.4. The van der Waals surface area contributed by atoms with E-state index in [1.807, 2.05) is 0 Å². The maximum absolute atomic E-state index is 14.3. The highest BCUT2D eigenvalue weighted by Gasteiger charge is 2.37. The summed E-state index contributed by atoms with van der Waals surface area (Å²) in [5.74, 6) is -2.74. The van der Waals surface area contributed by atoms with Crippen LogP contribution in [0, 0.1) is 0 Å². The zero-order valence-electron chi connectivity index (χ0n) is 17.7. The van der Waals surface area contributed by atoms with Crippen molar-refractivity contribution in [3.05, 3.63) is 53.2 Å². The van der Waals surface area contributed by atoms with Crippen LogP contribution in [0.3, 0.4) is 0 Å². The lowest BCUT2D eigenvalue weighted by atomic mass is 10.0. The van der Waals surface area contributed by atoms with Crippen LogP contribution in [-0.2, 0) is 0 Å². The molecule has 1 unspecified atom stereocenters. The number of nitrogens with one attached hydrogen (secondary N) is 1. The minimum atomic E-state index is -2.81. The van der Waals surface area contributed by atoms with E-state index < -0.39 is 24.4 Å². The van der Waals surface area contributed by atoms with Crippen LogP contribution < -0.4 is 16.0 Å². The van der Waals surface area contributed by atoms with Gasteiger partial charge < -0.3 is 16.0 Å². The van der Waals surface area contributed by atoms with Crippen LogP contribution in [0.15, 0.2) is 37.1 Å². The topological polar surface area (TPSA) is 106 Å². The van der Waals surface area contributed by atoms with E-state index >= 15 is 0 Å². The van der Waals surface area contributed by atoms with Gasteiger partial charge in [0, 0.05) is 30.9 Å². The average Bonchev–Trinajstić information content (AvgIpc) is 3.37. The molecule has 5 rings (SSSR count). The van der Waals surface area contributed by atoms with Gasteiger partial charge in [-0.25, -0.2) is 23.3 Å². The van der Waals surface area contributed by atoms with Crippen LogP contribution in [0.2, 0.25) is 5.02 Å². The van der Waals surface area contributed by atoms with Gasteiger partial charge in [-0.3, -0.25) is 9.20 Å². The number of hydrogen-bond acceptors (Lipinski definition) is 6. The van der Waals surface area contributed by atoms with Crippen molar-refractivity contribution in [1.82, 2.24) is 29.3 Å². The fourth-order valence-electron chi connectivity index (χ4n) is 4.32. The molecule has 0 saturated carbocycles. The standard InChI is InChI=1S/C21H21ClF2N8O/c1-12(28-19(33)16-17(25)29-32-7-3-5-27-18(16)32)13-8-14(22)15-9-26-11-31(15)20(13)30-6-2-4-21(23,24)10-30/h3,5,7-9,11-12H,2,4,6,10H2,1H3,(H2,25,29)(H,28,33). The molecule has 33 heavy (non-hydrogen) atoms. The molecule has 4 aromatic rings. The van der Waals surface area contributed by atoms with Crippen LogP contribution >= 0.6 is 11.6 Å². The van der Waals surface area contributed by atoms with E-state index in [-0.39, 0.29) is 17.8 Å². The maximum atomic E-state index is 14.3. The number of nitrogens with two attached hydrogens (primary N) is 1. The van der Waals surface area contributed by atoms with Gasteiger partial charge in [0.05, 0.1) is 29.3 Å². The first-order valence-corrected chi connectivity index (χ1v) is 10.8. The van der Waals surface area contributed by atoms with E-state index in [2.05, 4.69) is 20.4 Å². The van der Waals surface area contributed by atoms with Crippen molar-refractivity contribution in [2.75, 3.05) is 23.7 Å². The molecule has 1 atom stereocenters. The Morgan fingerprint density at radius 3 is 3.00 bits per heavy atom. The molecule has 12 heteroatoms. The molecular weight excluding hydrogens is 454 g/mol. The second-order valence-corrected chi connectivity index (χ2v) is 8.55. The number of hydrogen-bond donors (Lipinski definition) is 2. The number of carbonyl (C=O) groups excluding carboxylic acids is 1. The van der Waals surface area contributed by atoms with Crippen molar-refractivity contribution >= 4 is 40.3 Å². The molecule has 1 aliphatic heterocycles. The van der Waals surface area contributed by atoms with Crippen molar-refractivity contribution in [3.63, 3.8) is 0 Å². The number of pyridine rings is 1. The number of carbonyl (C=O) groups is 1. The Bertz CT molecular complexity index is 1370. The molecule has 1 amide bonds. The van der Waals surface area contributed by atoms with E-state index in [1.54, 1.807) is 40.8 Å². The van der Waals surface area contributed by atoms with Gasteiger partial charge >= 0.3 is 0 Å². The minimum absolute atomic E-state index is 0.0393. The summed E-state index contributed by atoms with van der Waals surface area (Å²) in [5, 5.41) is 7.41. The predicted octanol–water partition coefficient (Wildman–Crippen LogP) is 3.34. The second kappa shape index (κ2) is 7.84. The van der Waals surface area contributed by atoms with Gasteiger partial charge in [-0.05, 0) is 25.5 Å². The number of rotatable bonds is 4. The van der Waals surface area contributed by atoms with Gasteiger partial charge in [0.2, 0.25) is 0 Å². The Labute approximate surface area is 192 Å². The van der Waals surface area contributed by atoms with Gasteiger partial charge in [-0.2, -0.15) is 0 Å². The second-order valence-electron chi connectivity index (χ2n) is 8.14. The largest absolute Gasteiger partial charge is 0.381 e. The fourth-order valence-corrected chi connectivity index (χ4v) is 4.58.